The SMILES string of the molecule is CCCN1C(=O)CCc2c(C)nc(C3CCN(C(=O)CN4CCCCC4C)CC3)nc21. The van der Waals surface area contributed by atoms with Crippen molar-refractivity contribution in [3.05, 3.63) is 17.1 Å². The summed E-state index contributed by atoms with van der Waals surface area (Å²) in [6, 6.07) is 0.510. The van der Waals surface area contributed by atoms with Crippen LogP contribution in [0.25, 0.3) is 0 Å². The smallest absolute Gasteiger partial charge is 0.236 e. The van der Waals surface area contributed by atoms with Gasteiger partial charge in [0.25, 0.3) is 0 Å². The second-order valence-electron chi connectivity index (χ2n) is 9.49. The van der Waals surface area contributed by atoms with Gasteiger partial charge in [-0.25, -0.2) is 9.97 Å². The molecule has 0 aromatic carbocycles. The predicted molar refractivity (Wildman–Crippen MR) is 121 cm³/mol. The van der Waals surface area contributed by atoms with E-state index in [4.69, 9.17) is 9.97 Å². The normalized spacial score (nSPS) is 23.2. The van der Waals surface area contributed by atoms with Crippen molar-refractivity contribution in [3.63, 3.8) is 0 Å². The fourth-order valence-electron chi connectivity index (χ4n) is 5.29. The van der Waals surface area contributed by atoms with Crippen LogP contribution in [0.4, 0.5) is 5.82 Å². The highest BCUT2D eigenvalue weighted by Crippen LogP contribution is 2.32. The number of hydrogen-bond donors (Lipinski definition) is 0. The molecule has 1 aromatic heterocycles. The van der Waals surface area contributed by atoms with Crippen molar-refractivity contribution in [1.82, 2.24) is 19.8 Å². The molecular weight excluding hydrogens is 390 g/mol. The number of carbonyl (C=O) groups is 2. The lowest BCUT2D eigenvalue weighted by atomic mass is 9.94. The number of nitrogens with zero attached hydrogens (tertiary/aromatic N) is 5. The number of hydrogen-bond acceptors (Lipinski definition) is 5. The van der Waals surface area contributed by atoms with E-state index < -0.39 is 0 Å². The molecule has 0 radical (unpaired) electrons. The number of likely N-dealkylation sites (tertiary alicyclic amines) is 2. The largest absolute Gasteiger partial charge is 0.342 e. The van der Waals surface area contributed by atoms with E-state index in [1.54, 1.807) is 0 Å². The highest BCUT2D eigenvalue weighted by molar-refractivity contribution is 5.95. The molecule has 2 saturated heterocycles. The minimum atomic E-state index is 0.172. The number of aryl methyl sites for hydroxylation is 1. The van der Waals surface area contributed by atoms with Gasteiger partial charge in [-0.3, -0.25) is 19.4 Å². The van der Waals surface area contributed by atoms with Crippen LogP contribution in [0.3, 0.4) is 0 Å². The van der Waals surface area contributed by atoms with Gasteiger partial charge in [-0.15, -0.1) is 0 Å². The Morgan fingerprint density at radius 1 is 1.06 bits per heavy atom. The topological polar surface area (TPSA) is 69.6 Å². The van der Waals surface area contributed by atoms with Crippen molar-refractivity contribution in [2.24, 2.45) is 0 Å². The number of anilines is 1. The highest BCUT2D eigenvalue weighted by Gasteiger charge is 2.31. The van der Waals surface area contributed by atoms with E-state index in [-0.39, 0.29) is 17.7 Å². The Hall–Kier alpha value is -2.02. The van der Waals surface area contributed by atoms with E-state index in [2.05, 4.69) is 18.7 Å². The summed E-state index contributed by atoms with van der Waals surface area (Å²) in [6.45, 7) is 10.2. The van der Waals surface area contributed by atoms with Gasteiger partial charge in [0, 0.05) is 49.3 Å². The lowest BCUT2D eigenvalue weighted by Gasteiger charge is -2.37. The molecule has 4 heterocycles. The molecule has 1 atom stereocenters. The van der Waals surface area contributed by atoms with E-state index in [1.807, 2.05) is 16.7 Å². The maximum Gasteiger partial charge on any atom is 0.236 e. The van der Waals surface area contributed by atoms with Gasteiger partial charge in [0.2, 0.25) is 11.8 Å². The van der Waals surface area contributed by atoms with Gasteiger partial charge in [-0.2, -0.15) is 0 Å². The summed E-state index contributed by atoms with van der Waals surface area (Å²) in [5.74, 6) is 2.37. The molecule has 3 aliphatic rings. The summed E-state index contributed by atoms with van der Waals surface area (Å²) in [6.07, 6.45) is 7.66. The fraction of sp³-hybridized carbons (Fsp3) is 0.750. The molecule has 1 unspecified atom stereocenters. The van der Waals surface area contributed by atoms with Crippen LogP contribution < -0.4 is 4.90 Å². The molecule has 0 spiro atoms. The number of carbonyl (C=O) groups excluding carboxylic acids is 2. The summed E-state index contributed by atoms with van der Waals surface area (Å²) in [5.41, 5.74) is 2.13. The van der Waals surface area contributed by atoms with E-state index in [9.17, 15) is 9.59 Å². The van der Waals surface area contributed by atoms with E-state index in [1.165, 1.54) is 19.3 Å². The zero-order valence-corrected chi connectivity index (χ0v) is 19.4. The molecule has 7 nitrogen and oxygen atoms in total. The van der Waals surface area contributed by atoms with Crippen LogP contribution in [0, 0.1) is 6.92 Å². The van der Waals surface area contributed by atoms with Crippen LogP contribution >= 0.6 is 0 Å². The maximum atomic E-state index is 12.9. The van der Waals surface area contributed by atoms with E-state index in [0.29, 0.717) is 25.6 Å². The first-order valence-electron chi connectivity index (χ1n) is 12.2. The van der Waals surface area contributed by atoms with Crippen molar-refractivity contribution >= 4 is 17.6 Å². The number of amides is 2. The Morgan fingerprint density at radius 3 is 2.55 bits per heavy atom. The zero-order valence-electron chi connectivity index (χ0n) is 19.4. The second-order valence-corrected chi connectivity index (χ2v) is 9.49. The number of rotatable bonds is 5. The molecule has 2 fully saturated rings. The molecule has 31 heavy (non-hydrogen) atoms. The number of fused-ring (bicyclic) bond motifs is 1. The third-order valence-corrected chi connectivity index (χ3v) is 7.29. The molecule has 0 N–H and O–H groups in total. The Morgan fingerprint density at radius 2 is 1.84 bits per heavy atom. The molecule has 0 saturated carbocycles. The quantitative estimate of drug-likeness (QED) is 0.722. The van der Waals surface area contributed by atoms with Crippen LogP contribution in [0.15, 0.2) is 0 Å². The molecule has 0 aliphatic carbocycles. The maximum absolute atomic E-state index is 12.9. The van der Waals surface area contributed by atoms with E-state index >= 15 is 0 Å². The monoisotopic (exact) mass is 427 g/mol. The summed E-state index contributed by atoms with van der Waals surface area (Å²) in [5, 5.41) is 0. The highest BCUT2D eigenvalue weighted by atomic mass is 16.2. The number of piperidine rings is 2. The first kappa shape index (κ1) is 22.2. The van der Waals surface area contributed by atoms with Gasteiger partial charge >= 0.3 is 0 Å². The van der Waals surface area contributed by atoms with Crippen LogP contribution in [-0.2, 0) is 16.0 Å². The lowest BCUT2D eigenvalue weighted by Crippen LogP contribution is -2.47. The summed E-state index contributed by atoms with van der Waals surface area (Å²) in [4.78, 5) is 41.3. The van der Waals surface area contributed by atoms with Gasteiger partial charge in [-0.1, -0.05) is 13.3 Å². The average molecular weight is 428 g/mol. The van der Waals surface area contributed by atoms with Crippen molar-refractivity contribution in [2.45, 2.75) is 84.1 Å². The first-order valence-corrected chi connectivity index (χ1v) is 12.2. The zero-order chi connectivity index (χ0) is 22.0. The lowest BCUT2D eigenvalue weighted by molar-refractivity contribution is -0.134. The average Bonchev–Trinajstić information content (AvgIpc) is 2.77. The van der Waals surface area contributed by atoms with Crippen molar-refractivity contribution in [3.8, 4) is 0 Å². The fourth-order valence-corrected chi connectivity index (χ4v) is 5.29. The van der Waals surface area contributed by atoms with Gasteiger partial charge in [0.1, 0.15) is 11.6 Å². The predicted octanol–water partition coefficient (Wildman–Crippen LogP) is 3.05. The Kier molecular flexibility index (Phi) is 6.89. The number of aromatic nitrogens is 2. The van der Waals surface area contributed by atoms with Gasteiger partial charge in [-0.05, 0) is 58.9 Å². The minimum absolute atomic E-state index is 0.172. The third-order valence-electron chi connectivity index (χ3n) is 7.29. The standard InChI is InChI=1S/C24H37N5O2/c1-4-12-29-21(30)9-8-20-18(3)25-23(26-24(20)29)19-10-14-27(15-11-19)22(31)16-28-13-6-5-7-17(28)2/h17,19H,4-16H2,1-3H3. The third kappa shape index (κ3) is 4.76. The Labute approximate surface area is 186 Å². The van der Waals surface area contributed by atoms with Crippen LogP contribution in [0.5, 0.6) is 0 Å². The van der Waals surface area contributed by atoms with Crippen molar-refractivity contribution < 1.29 is 9.59 Å². The first-order chi connectivity index (χ1) is 15.0. The Balaban J connectivity index is 1.41. The summed E-state index contributed by atoms with van der Waals surface area (Å²) >= 11 is 0. The van der Waals surface area contributed by atoms with Crippen LogP contribution in [0.1, 0.15) is 81.8 Å². The van der Waals surface area contributed by atoms with Crippen LogP contribution in [0.2, 0.25) is 0 Å². The summed E-state index contributed by atoms with van der Waals surface area (Å²) < 4.78 is 0. The second kappa shape index (κ2) is 9.63. The Bertz CT molecular complexity index is 818. The van der Waals surface area contributed by atoms with Gasteiger partial charge in [0.15, 0.2) is 0 Å². The summed E-state index contributed by atoms with van der Waals surface area (Å²) in [7, 11) is 0. The molecular formula is C24H37N5O2. The van der Waals surface area contributed by atoms with Crippen LogP contribution in [-0.4, -0.2) is 70.3 Å². The van der Waals surface area contributed by atoms with Crippen molar-refractivity contribution in [2.75, 3.05) is 37.6 Å². The van der Waals surface area contributed by atoms with Gasteiger partial charge < -0.3 is 4.90 Å². The molecule has 4 rings (SSSR count). The molecule has 2 amide bonds. The molecule has 0 bridgehead atoms. The minimum Gasteiger partial charge on any atom is -0.342 e. The van der Waals surface area contributed by atoms with Gasteiger partial charge in [0.05, 0.1) is 6.54 Å². The molecule has 7 heteroatoms. The van der Waals surface area contributed by atoms with Crippen molar-refractivity contribution in [1.29, 1.82) is 0 Å². The molecule has 170 valence electrons. The molecule has 3 aliphatic heterocycles. The van der Waals surface area contributed by atoms with E-state index in [0.717, 1.165) is 68.2 Å². The molecule has 1 aromatic rings.